The lowest BCUT2D eigenvalue weighted by Gasteiger charge is -2.16. The van der Waals surface area contributed by atoms with Crippen LogP contribution in [0.1, 0.15) is 38.5 Å². The molecule has 0 bridgehead atoms. The maximum atomic E-state index is 12.3. The van der Waals surface area contributed by atoms with Crippen molar-refractivity contribution in [3.05, 3.63) is 34.1 Å². The van der Waals surface area contributed by atoms with Gasteiger partial charge in [-0.3, -0.25) is 9.59 Å². The molecule has 1 saturated carbocycles. The van der Waals surface area contributed by atoms with Gasteiger partial charge in [0.1, 0.15) is 6.54 Å². The minimum absolute atomic E-state index is 0.0569. The number of nitrogens with zero attached hydrogens (tertiary/aromatic N) is 1. The molecule has 0 aromatic carbocycles. The number of fused-ring (bicyclic) bond motifs is 1. The maximum absolute atomic E-state index is 12.3. The van der Waals surface area contributed by atoms with E-state index < -0.39 is 0 Å². The van der Waals surface area contributed by atoms with E-state index in [9.17, 15) is 9.59 Å². The molecular formula is C16H20N2O2S. The van der Waals surface area contributed by atoms with Gasteiger partial charge in [0.25, 0.3) is 5.56 Å². The highest BCUT2D eigenvalue weighted by molar-refractivity contribution is 7.17. The van der Waals surface area contributed by atoms with Gasteiger partial charge in [0.05, 0.1) is 5.39 Å². The maximum Gasteiger partial charge on any atom is 0.259 e. The average molecular weight is 304 g/mol. The van der Waals surface area contributed by atoms with Crippen molar-refractivity contribution in [2.24, 2.45) is 0 Å². The average Bonchev–Trinajstić information content (AvgIpc) is 2.81. The number of amides is 1. The summed E-state index contributed by atoms with van der Waals surface area (Å²) < 4.78 is 2.47. The number of carbonyl (C=O) groups is 1. The van der Waals surface area contributed by atoms with Crippen LogP contribution in [-0.2, 0) is 11.3 Å². The van der Waals surface area contributed by atoms with Crippen LogP contribution in [0.5, 0.6) is 0 Å². The van der Waals surface area contributed by atoms with Crippen LogP contribution in [-0.4, -0.2) is 16.5 Å². The van der Waals surface area contributed by atoms with Gasteiger partial charge < -0.3 is 9.88 Å². The summed E-state index contributed by atoms with van der Waals surface area (Å²) >= 11 is 1.55. The summed E-state index contributed by atoms with van der Waals surface area (Å²) in [4.78, 5) is 24.4. The molecular weight excluding hydrogens is 284 g/mol. The fraction of sp³-hybridized carbons (Fsp3) is 0.500. The molecule has 0 atom stereocenters. The fourth-order valence-corrected chi connectivity index (χ4v) is 3.76. The van der Waals surface area contributed by atoms with Gasteiger partial charge in [0.15, 0.2) is 0 Å². The molecule has 21 heavy (non-hydrogen) atoms. The van der Waals surface area contributed by atoms with Gasteiger partial charge in [-0.15, -0.1) is 11.3 Å². The summed E-state index contributed by atoms with van der Waals surface area (Å²) in [6.07, 6.45) is 8.74. The van der Waals surface area contributed by atoms with Crippen LogP contribution in [0.25, 0.3) is 10.1 Å². The van der Waals surface area contributed by atoms with Crippen LogP contribution in [0.15, 0.2) is 28.5 Å². The molecule has 2 aromatic rings. The first-order valence-corrected chi connectivity index (χ1v) is 8.48. The summed E-state index contributed by atoms with van der Waals surface area (Å²) in [7, 11) is 0. The van der Waals surface area contributed by atoms with E-state index in [-0.39, 0.29) is 24.1 Å². The summed E-state index contributed by atoms with van der Waals surface area (Å²) in [5.74, 6) is -0.0569. The first-order chi connectivity index (χ1) is 10.2. The smallest absolute Gasteiger partial charge is 0.259 e. The standard InChI is InChI=1S/C16H20N2O2S/c19-15(17-12-5-3-1-2-4-6-12)11-18-9-7-14-13(16(18)20)8-10-21-14/h7-10,12H,1-6,11H2,(H,17,19). The van der Waals surface area contributed by atoms with Crippen molar-refractivity contribution < 1.29 is 4.79 Å². The van der Waals surface area contributed by atoms with Gasteiger partial charge in [-0.2, -0.15) is 0 Å². The Kier molecular flexibility index (Phi) is 4.39. The number of aromatic nitrogens is 1. The number of hydrogen-bond donors (Lipinski definition) is 1. The van der Waals surface area contributed by atoms with E-state index in [1.165, 1.54) is 30.3 Å². The van der Waals surface area contributed by atoms with Crippen LogP contribution >= 0.6 is 11.3 Å². The van der Waals surface area contributed by atoms with Crippen LogP contribution in [0.4, 0.5) is 0 Å². The Hall–Kier alpha value is -1.62. The summed E-state index contributed by atoms with van der Waals surface area (Å²) in [5.41, 5.74) is -0.0789. The zero-order valence-corrected chi connectivity index (χ0v) is 12.8. The van der Waals surface area contributed by atoms with Crippen molar-refractivity contribution >= 4 is 27.3 Å². The first-order valence-electron chi connectivity index (χ1n) is 7.60. The lowest BCUT2D eigenvalue weighted by Crippen LogP contribution is -2.38. The lowest BCUT2D eigenvalue weighted by atomic mass is 10.1. The second-order valence-corrected chi connectivity index (χ2v) is 6.65. The van der Waals surface area contributed by atoms with Crippen molar-refractivity contribution in [3.63, 3.8) is 0 Å². The molecule has 5 heteroatoms. The zero-order chi connectivity index (χ0) is 14.7. The number of carbonyl (C=O) groups excluding carboxylic acids is 1. The predicted octanol–water partition coefficient (Wildman–Crippen LogP) is 2.90. The monoisotopic (exact) mass is 304 g/mol. The Morgan fingerprint density at radius 2 is 2.00 bits per heavy atom. The number of nitrogens with one attached hydrogen (secondary N) is 1. The quantitative estimate of drug-likeness (QED) is 0.886. The summed E-state index contributed by atoms with van der Waals surface area (Å²) in [5, 5.41) is 5.68. The normalized spacial score (nSPS) is 16.8. The molecule has 1 amide bonds. The van der Waals surface area contributed by atoms with Gasteiger partial charge in [0.2, 0.25) is 5.91 Å². The van der Waals surface area contributed by atoms with Gasteiger partial charge in [-0.05, 0) is 30.4 Å². The van der Waals surface area contributed by atoms with Crippen molar-refractivity contribution in [2.75, 3.05) is 0 Å². The minimum Gasteiger partial charge on any atom is -0.352 e. The molecule has 0 spiro atoms. The van der Waals surface area contributed by atoms with E-state index in [4.69, 9.17) is 0 Å². The number of thiophene rings is 1. The van der Waals surface area contributed by atoms with Gasteiger partial charge in [-0.25, -0.2) is 0 Å². The SMILES string of the molecule is O=C(Cn1ccc2sccc2c1=O)NC1CCCCCC1. The lowest BCUT2D eigenvalue weighted by molar-refractivity contribution is -0.122. The molecule has 0 unspecified atom stereocenters. The molecule has 2 aromatic heterocycles. The number of rotatable bonds is 3. The molecule has 1 aliphatic rings. The minimum atomic E-state index is -0.0789. The highest BCUT2D eigenvalue weighted by Crippen LogP contribution is 2.18. The second kappa shape index (κ2) is 6.43. The van der Waals surface area contributed by atoms with Gasteiger partial charge in [-0.1, -0.05) is 25.7 Å². The fourth-order valence-electron chi connectivity index (χ4n) is 2.98. The highest BCUT2D eigenvalue weighted by Gasteiger charge is 2.15. The largest absolute Gasteiger partial charge is 0.352 e. The third-order valence-electron chi connectivity index (χ3n) is 4.13. The number of hydrogen-bond acceptors (Lipinski definition) is 3. The van der Waals surface area contributed by atoms with Crippen molar-refractivity contribution in [1.82, 2.24) is 9.88 Å². The molecule has 1 N–H and O–H groups in total. The summed E-state index contributed by atoms with van der Waals surface area (Å²) in [6.45, 7) is 0.112. The summed E-state index contributed by atoms with van der Waals surface area (Å²) in [6, 6.07) is 4.00. The van der Waals surface area contributed by atoms with E-state index in [1.54, 1.807) is 17.5 Å². The molecule has 0 radical (unpaired) electrons. The highest BCUT2D eigenvalue weighted by atomic mass is 32.1. The van der Waals surface area contributed by atoms with Crippen LogP contribution < -0.4 is 10.9 Å². The molecule has 0 aliphatic heterocycles. The Labute approximate surface area is 127 Å². The van der Waals surface area contributed by atoms with Crippen LogP contribution in [0.3, 0.4) is 0 Å². The first kappa shape index (κ1) is 14.3. The van der Waals surface area contributed by atoms with Crippen LogP contribution in [0.2, 0.25) is 0 Å². The molecule has 3 rings (SSSR count). The third-order valence-corrected chi connectivity index (χ3v) is 5.01. The van der Waals surface area contributed by atoms with Gasteiger partial charge in [0, 0.05) is 16.9 Å². The van der Waals surface area contributed by atoms with Crippen molar-refractivity contribution in [3.8, 4) is 0 Å². The van der Waals surface area contributed by atoms with Crippen LogP contribution in [0, 0.1) is 0 Å². The molecule has 4 nitrogen and oxygen atoms in total. The topological polar surface area (TPSA) is 51.1 Å². The van der Waals surface area contributed by atoms with Crippen molar-refractivity contribution in [1.29, 1.82) is 0 Å². The van der Waals surface area contributed by atoms with Gasteiger partial charge >= 0.3 is 0 Å². The second-order valence-electron chi connectivity index (χ2n) is 5.70. The van der Waals surface area contributed by atoms with E-state index >= 15 is 0 Å². The molecule has 112 valence electrons. The van der Waals surface area contributed by atoms with E-state index in [1.807, 2.05) is 17.5 Å². The molecule has 1 fully saturated rings. The molecule has 1 aliphatic carbocycles. The zero-order valence-electron chi connectivity index (χ0n) is 12.0. The Balaban J connectivity index is 1.68. The number of pyridine rings is 1. The Morgan fingerprint density at radius 1 is 1.24 bits per heavy atom. The van der Waals surface area contributed by atoms with E-state index in [2.05, 4.69) is 5.32 Å². The Morgan fingerprint density at radius 3 is 2.76 bits per heavy atom. The molecule has 2 heterocycles. The van der Waals surface area contributed by atoms with E-state index in [0.717, 1.165) is 17.5 Å². The van der Waals surface area contributed by atoms with Crippen molar-refractivity contribution in [2.45, 2.75) is 51.1 Å². The van der Waals surface area contributed by atoms with E-state index in [0.29, 0.717) is 5.39 Å². The molecule has 0 saturated heterocycles. The predicted molar refractivity (Wildman–Crippen MR) is 85.7 cm³/mol. The third kappa shape index (κ3) is 3.35. The Bertz CT molecular complexity index is 681.